The van der Waals surface area contributed by atoms with Gasteiger partial charge in [-0.15, -0.1) is 6.58 Å². The molecular formula is C12H15NO3. The Balaban J connectivity index is 2.59. The zero-order valence-electron chi connectivity index (χ0n) is 9.02. The van der Waals surface area contributed by atoms with E-state index in [1.165, 1.54) is 0 Å². The monoisotopic (exact) mass is 221 g/mol. The molecule has 1 aromatic carbocycles. The van der Waals surface area contributed by atoms with Gasteiger partial charge in [-0.3, -0.25) is 0 Å². The van der Waals surface area contributed by atoms with Crippen LogP contribution in [0.5, 0.6) is 0 Å². The van der Waals surface area contributed by atoms with Gasteiger partial charge in [-0.1, -0.05) is 30.3 Å². The standard InChI is InChI=1S/C12H15NO3/c1-2-7-15-8-10-5-3-4-6-11(10)9-16-12(13)14/h2-6H,1,7-9H2,(H2,13,14). The van der Waals surface area contributed by atoms with Crippen molar-refractivity contribution in [2.45, 2.75) is 13.2 Å². The van der Waals surface area contributed by atoms with E-state index < -0.39 is 6.09 Å². The molecule has 0 aromatic heterocycles. The average Bonchev–Trinajstić information content (AvgIpc) is 2.28. The Morgan fingerprint density at radius 3 is 2.50 bits per heavy atom. The second-order valence-corrected chi connectivity index (χ2v) is 3.18. The molecule has 0 fully saturated rings. The fourth-order valence-electron chi connectivity index (χ4n) is 1.24. The third kappa shape index (κ3) is 4.14. The van der Waals surface area contributed by atoms with E-state index in [1.807, 2.05) is 24.3 Å². The second kappa shape index (κ2) is 6.63. The van der Waals surface area contributed by atoms with Crippen LogP contribution in [0.25, 0.3) is 0 Å². The van der Waals surface area contributed by atoms with Crippen LogP contribution >= 0.6 is 0 Å². The number of rotatable bonds is 6. The van der Waals surface area contributed by atoms with E-state index in [2.05, 4.69) is 6.58 Å². The highest BCUT2D eigenvalue weighted by atomic mass is 16.5. The molecule has 0 saturated carbocycles. The first-order valence-corrected chi connectivity index (χ1v) is 4.91. The molecule has 0 atom stereocenters. The molecule has 4 nitrogen and oxygen atoms in total. The highest BCUT2D eigenvalue weighted by Crippen LogP contribution is 2.11. The van der Waals surface area contributed by atoms with Crippen molar-refractivity contribution in [3.8, 4) is 0 Å². The van der Waals surface area contributed by atoms with Crippen LogP contribution in [-0.2, 0) is 22.7 Å². The Morgan fingerprint density at radius 1 is 1.31 bits per heavy atom. The van der Waals surface area contributed by atoms with E-state index in [9.17, 15) is 4.79 Å². The highest BCUT2D eigenvalue weighted by molar-refractivity contribution is 5.64. The molecule has 0 bridgehead atoms. The van der Waals surface area contributed by atoms with Crippen molar-refractivity contribution < 1.29 is 14.3 Å². The van der Waals surface area contributed by atoms with Crippen LogP contribution in [0.1, 0.15) is 11.1 Å². The summed E-state index contributed by atoms with van der Waals surface area (Å²) in [7, 11) is 0. The molecular weight excluding hydrogens is 206 g/mol. The van der Waals surface area contributed by atoms with Gasteiger partial charge in [0.15, 0.2) is 0 Å². The van der Waals surface area contributed by atoms with E-state index in [1.54, 1.807) is 6.08 Å². The van der Waals surface area contributed by atoms with Gasteiger partial charge in [-0.25, -0.2) is 4.79 Å². The van der Waals surface area contributed by atoms with Crippen molar-refractivity contribution in [2.24, 2.45) is 5.73 Å². The van der Waals surface area contributed by atoms with Crippen molar-refractivity contribution >= 4 is 6.09 Å². The van der Waals surface area contributed by atoms with Crippen LogP contribution in [0.3, 0.4) is 0 Å². The van der Waals surface area contributed by atoms with Gasteiger partial charge in [0.2, 0.25) is 0 Å². The lowest BCUT2D eigenvalue weighted by molar-refractivity contribution is 0.138. The summed E-state index contributed by atoms with van der Waals surface area (Å²) < 4.78 is 10.1. The number of carbonyl (C=O) groups is 1. The predicted octanol–water partition coefficient (Wildman–Crippen LogP) is 1.98. The molecule has 86 valence electrons. The number of carbonyl (C=O) groups excluding carboxylic acids is 1. The minimum absolute atomic E-state index is 0.170. The lowest BCUT2D eigenvalue weighted by Gasteiger charge is -2.08. The smallest absolute Gasteiger partial charge is 0.404 e. The molecule has 0 spiro atoms. The molecule has 2 N–H and O–H groups in total. The molecule has 0 saturated heterocycles. The van der Waals surface area contributed by atoms with Crippen LogP contribution in [0.4, 0.5) is 4.79 Å². The SMILES string of the molecule is C=CCOCc1ccccc1COC(N)=O. The van der Waals surface area contributed by atoms with Gasteiger partial charge in [0, 0.05) is 0 Å². The second-order valence-electron chi connectivity index (χ2n) is 3.18. The lowest BCUT2D eigenvalue weighted by atomic mass is 10.1. The van der Waals surface area contributed by atoms with Gasteiger partial charge in [0.05, 0.1) is 13.2 Å². The first kappa shape index (κ1) is 12.3. The summed E-state index contributed by atoms with van der Waals surface area (Å²) in [6.07, 6.45) is 0.907. The van der Waals surface area contributed by atoms with Crippen molar-refractivity contribution in [3.63, 3.8) is 0 Å². The Kier molecular flexibility index (Phi) is 5.08. The zero-order chi connectivity index (χ0) is 11.8. The first-order chi connectivity index (χ1) is 7.74. The number of amides is 1. The van der Waals surface area contributed by atoms with Crippen LogP contribution in [0.2, 0.25) is 0 Å². The quantitative estimate of drug-likeness (QED) is 0.590. The molecule has 0 unspecified atom stereocenters. The average molecular weight is 221 g/mol. The summed E-state index contributed by atoms with van der Waals surface area (Å²) in [5.41, 5.74) is 6.78. The molecule has 0 aliphatic rings. The van der Waals surface area contributed by atoms with Crippen molar-refractivity contribution in [1.82, 2.24) is 0 Å². The van der Waals surface area contributed by atoms with Crippen LogP contribution in [0, 0.1) is 0 Å². The van der Waals surface area contributed by atoms with E-state index in [-0.39, 0.29) is 6.61 Å². The fourth-order valence-corrected chi connectivity index (χ4v) is 1.24. The molecule has 1 rings (SSSR count). The maximum atomic E-state index is 10.5. The summed E-state index contributed by atoms with van der Waals surface area (Å²) in [5.74, 6) is 0. The van der Waals surface area contributed by atoms with Gasteiger partial charge in [0.25, 0.3) is 0 Å². The molecule has 1 amide bonds. The maximum Gasteiger partial charge on any atom is 0.404 e. The Bertz CT molecular complexity index is 363. The number of nitrogens with two attached hydrogens (primary N) is 1. The number of hydrogen-bond donors (Lipinski definition) is 1. The molecule has 0 aliphatic carbocycles. The van der Waals surface area contributed by atoms with Gasteiger partial charge in [0.1, 0.15) is 6.61 Å². The van der Waals surface area contributed by atoms with Crippen LogP contribution < -0.4 is 5.73 Å². The molecule has 16 heavy (non-hydrogen) atoms. The third-order valence-electron chi connectivity index (χ3n) is 1.98. The Morgan fingerprint density at radius 2 is 1.94 bits per heavy atom. The minimum atomic E-state index is -0.776. The van der Waals surface area contributed by atoms with E-state index in [0.717, 1.165) is 11.1 Å². The number of hydrogen-bond acceptors (Lipinski definition) is 3. The minimum Gasteiger partial charge on any atom is -0.445 e. The van der Waals surface area contributed by atoms with E-state index in [4.69, 9.17) is 15.2 Å². The molecule has 0 aliphatic heterocycles. The summed E-state index contributed by atoms with van der Waals surface area (Å²) in [5, 5.41) is 0. The first-order valence-electron chi connectivity index (χ1n) is 4.91. The zero-order valence-corrected chi connectivity index (χ0v) is 9.02. The van der Waals surface area contributed by atoms with E-state index >= 15 is 0 Å². The largest absolute Gasteiger partial charge is 0.445 e. The van der Waals surface area contributed by atoms with Gasteiger partial charge in [-0.05, 0) is 11.1 Å². The normalized spacial score (nSPS) is 9.75. The molecule has 0 heterocycles. The summed E-state index contributed by atoms with van der Waals surface area (Å²) in [6, 6.07) is 7.56. The maximum absolute atomic E-state index is 10.5. The molecule has 1 aromatic rings. The predicted molar refractivity (Wildman–Crippen MR) is 60.7 cm³/mol. The highest BCUT2D eigenvalue weighted by Gasteiger charge is 2.03. The van der Waals surface area contributed by atoms with Gasteiger partial charge >= 0.3 is 6.09 Å². The summed E-state index contributed by atoms with van der Waals surface area (Å²) in [6.45, 7) is 4.69. The van der Waals surface area contributed by atoms with E-state index in [0.29, 0.717) is 13.2 Å². The van der Waals surface area contributed by atoms with Crippen molar-refractivity contribution in [1.29, 1.82) is 0 Å². The summed E-state index contributed by atoms with van der Waals surface area (Å²) in [4.78, 5) is 10.5. The topological polar surface area (TPSA) is 61.6 Å². The Labute approximate surface area is 94.7 Å². The van der Waals surface area contributed by atoms with Gasteiger partial charge in [-0.2, -0.15) is 0 Å². The molecule has 0 radical (unpaired) electrons. The van der Waals surface area contributed by atoms with Crippen LogP contribution in [0.15, 0.2) is 36.9 Å². The van der Waals surface area contributed by atoms with Crippen molar-refractivity contribution in [3.05, 3.63) is 48.0 Å². The number of benzene rings is 1. The summed E-state index contributed by atoms with van der Waals surface area (Å²) >= 11 is 0. The fraction of sp³-hybridized carbons (Fsp3) is 0.250. The molecule has 4 heteroatoms. The van der Waals surface area contributed by atoms with Crippen LogP contribution in [-0.4, -0.2) is 12.7 Å². The van der Waals surface area contributed by atoms with Crippen molar-refractivity contribution in [2.75, 3.05) is 6.61 Å². The Hall–Kier alpha value is -1.81. The lowest BCUT2D eigenvalue weighted by Crippen LogP contribution is -2.13. The van der Waals surface area contributed by atoms with Gasteiger partial charge < -0.3 is 15.2 Å². The third-order valence-corrected chi connectivity index (χ3v) is 1.98. The number of ether oxygens (including phenoxy) is 2. The number of primary amides is 1.